The van der Waals surface area contributed by atoms with Gasteiger partial charge in [0.25, 0.3) is 0 Å². The molecule has 0 aromatic rings. The van der Waals surface area contributed by atoms with E-state index in [-0.39, 0.29) is 5.79 Å². The van der Waals surface area contributed by atoms with Crippen molar-refractivity contribution in [2.75, 3.05) is 14.2 Å². The topological polar surface area (TPSA) is 18.5 Å². The molecular weight excluding hydrogens is 188 g/mol. The molecule has 0 aliphatic heterocycles. The number of methoxy groups -OCH3 is 2. The van der Waals surface area contributed by atoms with Crippen LogP contribution in [0.25, 0.3) is 0 Å². The van der Waals surface area contributed by atoms with Crippen molar-refractivity contribution in [1.29, 1.82) is 0 Å². The second kappa shape index (κ2) is 9.17. The van der Waals surface area contributed by atoms with Crippen molar-refractivity contribution in [1.82, 2.24) is 0 Å². The van der Waals surface area contributed by atoms with Crippen molar-refractivity contribution in [3.05, 3.63) is 0 Å². The monoisotopic (exact) mass is 216 g/mol. The highest BCUT2D eigenvalue weighted by Gasteiger charge is 2.27. The van der Waals surface area contributed by atoms with Crippen LogP contribution in [0.3, 0.4) is 0 Å². The van der Waals surface area contributed by atoms with E-state index in [4.69, 9.17) is 9.47 Å². The van der Waals surface area contributed by atoms with Crippen molar-refractivity contribution in [2.24, 2.45) is 0 Å². The summed E-state index contributed by atoms with van der Waals surface area (Å²) in [6.07, 6.45) is 9.48. The average Bonchev–Trinajstić information content (AvgIpc) is 2.28. The lowest BCUT2D eigenvalue weighted by Crippen LogP contribution is -2.33. The second-order valence-corrected chi connectivity index (χ2v) is 4.23. The lowest BCUT2D eigenvalue weighted by atomic mass is 10.0. The minimum atomic E-state index is -0.315. The molecule has 0 aliphatic rings. The summed E-state index contributed by atoms with van der Waals surface area (Å²) in [4.78, 5) is 0. The average molecular weight is 216 g/mol. The SMILES string of the molecule is CCCCCC(CCCCC)(OC)OC. The van der Waals surface area contributed by atoms with Crippen LogP contribution in [0.2, 0.25) is 0 Å². The molecule has 0 amide bonds. The molecule has 0 N–H and O–H groups in total. The van der Waals surface area contributed by atoms with E-state index in [1.807, 2.05) is 0 Å². The van der Waals surface area contributed by atoms with E-state index in [9.17, 15) is 0 Å². The Bertz CT molecular complexity index is 118. The van der Waals surface area contributed by atoms with Crippen LogP contribution in [-0.2, 0) is 9.47 Å². The first kappa shape index (κ1) is 14.9. The number of rotatable bonds is 10. The Morgan fingerprint density at radius 3 is 1.40 bits per heavy atom. The summed E-state index contributed by atoms with van der Waals surface area (Å²) in [5, 5.41) is 0. The van der Waals surface area contributed by atoms with E-state index in [2.05, 4.69) is 13.8 Å². The van der Waals surface area contributed by atoms with Gasteiger partial charge < -0.3 is 9.47 Å². The molecule has 0 saturated heterocycles. The van der Waals surface area contributed by atoms with E-state index >= 15 is 0 Å². The Morgan fingerprint density at radius 1 is 0.733 bits per heavy atom. The third-order valence-electron chi connectivity index (χ3n) is 3.07. The predicted molar refractivity (Wildman–Crippen MR) is 65.0 cm³/mol. The van der Waals surface area contributed by atoms with E-state index in [1.165, 1.54) is 38.5 Å². The third-order valence-corrected chi connectivity index (χ3v) is 3.07. The summed E-state index contributed by atoms with van der Waals surface area (Å²) < 4.78 is 11.1. The van der Waals surface area contributed by atoms with E-state index in [0.29, 0.717) is 0 Å². The van der Waals surface area contributed by atoms with Gasteiger partial charge in [-0.05, 0) is 12.8 Å². The van der Waals surface area contributed by atoms with Gasteiger partial charge in [-0.2, -0.15) is 0 Å². The fourth-order valence-corrected chi connectivity index (χ4v) is 1.91. The van der Waals surface area contributed by atoms with Crippen LogP contribution in [0.15, 0.2) is 0 Å². The lowest BCUT2D eigenvalue weighted by molar-refractivity contribution is -0.216. The van der Waals surface area contributed by atoms with Gasteiger partial charge in [0.2, 0.25) is 0 Å². The second-order valence-electron chi connectivity index (χ2n) is 4.23. The van der Waals surface area contributed by atoms with Gasteiger partial charge in [-0.3, -0.25) is 0 Å². The summed E-state index contributed by atoms with van der Waals surface area (Å²) in [5.41, 5.74) is 0. The minimum Gasteiger partial charge on any atom is -0.353 e. The molecule has 0 aromatic carbocycles. The van der Waals surface area contributed by atoms with Gasteiger partial charge in [0.05, 0.1) is 0 Å². The summed E-state index contributed by atoms with van der Waals surface area (Å²) in [6, 6.07) is 0. The molecule has 15 heavy (non-hydrogen) atoms. The van der Waals surface area contributed by atoms with Crippen molar-refractivity contribution in [3.8, 4) is 0 Å². The molecule has 0 rings (SSSR count). The molecule has 2 heteroatoms. The Balaban J connectivity index is 3.93. The number of hydrogen-bond donors (Lipinski definition) is 0. The van der Waals surface area contributed by atoms with Crippen molar-refractivity contribution >= 4 is 0 Å². The van der Waals surface area contributed by atoms with E-state index in [1.54, 1.807) is 14.2 Å². The van der Waals surface area contributed by atoms with Gasteiger partial charge >= 0.3 is 0 Å². The fourth-order valence-electron chi connectivity index (χ4n) is 1.91. The largest absolute Gasteiger partial charge is 0.353 e. The minimum absolute atomic E-state index is 0.315. The van der Waals surface area contributed by atoms with Crippen LogP contribution in [-0.4, -0.2) is 20.0 Å². The summed E-state index contributed by atoms with van der Waals surface area (Å²) in [5.74, 6) is -0.315. The summed E-state index contributed by atoms with van der Waals surface area (Å²) >= 11 is 0. The van der Waals surface area contributed by atoms with Gasteiger partial charge in [0.15, 0.2) is 5.79 Å². The van der Waals surface area contributed by atoms with Crippen LogP contribution in [0.4, 0.5) is 0 Å². The molecule has 0 unspecified atom stereocenters. The van der Waals surface area contributed by atoms with E-state index < -0.39 is 0 Å². The zero-order valence-electron chi connectivity index (χ0n) is 11.0. The van der Waals surface area contributed by atoms with Gasteiger partial charge in [-0.1, -0.05) is 39.5 Å². The highest BCUT2D eigenvalue weighted by Crippen LogP contribution is 2.26. The van der Waals surface area contributed by atoms with E-state index in [0.717, 1.165) is 12.8 Å². The molecule has 0 aliphatic carbocycles. The van der Waals surface area contributed by atoms with Gasteiger partial charge in [0.1, 0.15) is 0 Å². The number of unbranched alkanes of at least 4 members (excludes halogenated alkanes) is 4. The van der Waals surface area contributed by atoms with Crippen LogP contribution in [0.5, 0.6) is 0 Å². The maximum Gasteiger partial charge on any atom is 0.167 e. The van der Waals surface area contributed by atoms with Gasteiger partial charge in [0, 0.05) is 27.1 Å². The quantitative estimate of drug-likeness (QED) is 0.404. The predicted octanol–water partition coefficient (Wildman–Crippen LogP) is 4.14. The molecule has 0 atom stereocenters. The highest BCUT2D eigenvalue weighted by molar-refractivity contribution is 4.69. The first-order valence-corrected chi connectivity index (χ1v) is 6.35. The summed E-state index contributed by atoms with van der Waals surface area (Å²) in [7, 11) is 3.53. The molecular formula is C13H28O2. The third kappa shape index (κ3) is 6.16. The van der Waals surface area contributed by atoms with Crippen molar-refractivity contribution in [2.45, 2.75) is 71.0 Å². The maximum atomic E-state index is 5.56. The van der Waals surface area contributed by atoms with Crippen LogP contribution >= 0.6 is 0 Å². The van der Waals surface area contributed by atoms with Crippen molar-refractivity contribution in [3.63, 3.8) is 0 Å². The molecule has 0 aromatic heterocycles. The van der Waals surface area contributed by atoms with Crippen LogP contribution in [0, 0.1) is 0 Å². The van der Waals surface area contributed by atoms with Gasteiger partial charge in [-0.15, -0.1) is 0 Å². The summed E-state index contributed by atoms with van der Waals surface area (Å²) in [6.45, 7) is 4.44. The Labute approximate surface area is 95.3 Å². The maximum absolute atomic E-state index is 5.56. The highest BCUT2D eigenvalue weighted by atomic mass is 16.7. The number of ether oxygens (including phenoxy) is 2. The normalized spacial score (nSPS) is 12.0. The smallest absolute Gasteiger partial charge is 0.167 e. The first-order valence-electron chi connectivity index (χ1n) is 6.35. The molecule has 92 valence electrons. The van der Waals surface area contributed by atoms with Crippen LogP contribution in [0.1, 0.15) is 65.2 Å². The zero-order valence-corrected chi connectivity index (χ0v) is 11.0. The molecule has 0 radical (unpaired) electrons. The fraction of sp³-hybridized carbons (Fsp3) is 1.00. The van der Waals surface area contributed by atoms with Crippen LogP contribution < -0.4 is 0 Å². The Morgan fingerprint density at radius 2 is 1.13 bits per heavy atom. The Hall–Kier alpha value is -0.0800. The van der Waals surface area contributed by atoms with Gasteiger partial charge in [-0.25, -0.2) is 0 Å². The molecule has 0 bridgehead atoms. The molecule has 0 heterocycles. The standard InChI is InChI=1S/C13H28O2/c1-5-7-9-11-13(14-3,15-4)12-10-8-6-2/h5-12H2,1-4H3. The molecule has 0 saturated carbocycles. The Kier molecular flexibility index (Phi) is 9.12. The first-order chi connectivity index (χ1) is 7.24. The number of hydrogen-bond acceptors (Lipinski definition) is 2. The zero-order chi connectivity index (χ0) is 11.6. The molecule has 0 fully saturated rings. The lowest BCUT2D eigenvalue weighted by Gasteiger charge is -2.31. The molecule has 2 nitrogen and oxygen atoms in total. The molecule has 0 spiro atoms. The van der Waals surface area contributed by atoms with Crippen molar-refractivity contribution < 1.29 is 9.47 Å².